The molecular weight excluding hydrogens is 248 g/mol. The zero-order valence-electron chi connectivity index (χ0n) is 11.9. The van der Waals surface area contributed by atoms with Crippen LogP contribution in [0.5, 0.6) is 0 Å². The van der Waals surface area contributed by atoms with Crippen molar-refractivity contribution in [1.82, 2.24) is 10.2 Å². The Morgan fingerprint density at radius 1 is 1.20 bits per heavy atom. The number of carbonyl (C=O) groups excluding carboxylic acids is 1. The van der Waals surface area contributed by atoms with Gasteiger partial charge in [-0.05, 0) is 50.4 Å². The molecule has 1 aromatic rings. The number of likely N-dealkylation sites (tertiary alicyclic amines) is 1. The van der Waals surface area contributed by atoms with Crippen LogP contribution in [0.15, 0.2) is 24.3 Å². The second-order valence-electron chi connectivity index (χ2n) is 5.95. The molecule has 1 N–H and O–H groups in total. The molecule has 2 saturated heterocycles. The number of hydrogen-bond donors (Lipinski definition) is 1. The number of fused-ring (bicyclic) bond motifs is 2. The van der Waals surface area contributed by atoms with Gasteiger partial charge in [0, 0.05) is 24.6 Å². The van der Waals surface area contributed by atoms with Gasteiger partial charge < -0.3 is 10.2 Å². The summed E-state index contributed by atoms with van der Waals surface area (Å²) in [7, 11) is 0. The second kappa shape index (κ2) is 5.68. The van der Waals surface area contributed by atoms with Gasteiger partial charge in [0.05, 0.1) is 0 Å². The summed E-state index contributed by atoms with van der Waals surface area (Å²) in [5.74, 6) is 6.95. The molecule has 2 fully saturated rings. The Morgan fingerprint density at radius 2 is 1.85 bits per heavy atom. The van der Waals surface area contributed by atoms with Crippen molar-refractivity contribution in [2.45, 2.75) is 13.3 Å². The molecular formula is C17H20N2O. The minimum atomic E-state index is -0.0258. The minimum Gasteiger partial charge on any atom is -0.331 e. The normalized spacial score (nSPS) is 24.8. The highest BCUT2D eigenvalue weighted by molar-refractivity contribution is 5.94. The summed E-state index contributed by atoms with van der Waals surface area (Å²) in [4.78, 5) is 14.1. The van der Waals surface area contributed by atoms with Crippen molar-refractivity contribution in [2.75, 3.05) is 26.2 Å². The molecule has 3 nitrogen and oxygen atoms in total. The van der Waals surface area contributed by atoms with Gasteiger partial charge in [0.2, 0.25) is 0 Å². The first-order chi connectivity index (χ1) is 9.70. The van der Waals surface area contributed by atoms with Crippen molar-refractivity contribution in [3.8, 4) is 11.8 Å². The average Bonchev–Trinajstić information content (AvgIpc) is 2.46. The molecule has 0 aliphatic carbocycles. The van der Waals surface area contributed by atoms with Crippen LogP contribution in [0.3, 0.4) is 0 Å². The lowest BCUT2D eigenvalue weighted by Crippen LogP contribution is -2.52. The molecule has 1 aromatic carbocycles. The Balaban J connectivity index is 1.66. The Kier molecular flexibility index (Phi) is 3.75. The highest BCUT2D eigenvalue weighted by atomic mass is 16.2. The largest absolute Gasteiger partial charge is 0.331 e. The summed E-state index contributed by atoms with van der Waals surface area (Å²) < 4.78 is 0. The van der Waals surface area contributed by atoms with Gasteiger partial charge in [0.25, 0.3) is 5.91 Å². The van der Waals surface area contributed by atoms with E-state index in [1.165, 1.54) is 12.0 Å². The lowest BCUT2D eigenvalue weighted by Gasteiger charge is -2.40. The summed E-state index contributed by atoms with van der Waals surface area (Å²) in [5, 5.41) is 3.44. The van der Waals surface area contributed by atoms with Crippen molar-refractivity contribution in [3.05, 3.63) is 35.4 Å². The molecule has 3 heteroatoms. The van der Waals surface area contributed by atoms with Crippen LogP contribution in [0, 0.1) is 30.6 Å². The number of aryl methyl sites for hydroxylation is 1. The van der Waals surface area contributed by atoms with E-state index in [0.717, 1.165) is 31.7 Å². The average molecular weight is 268 g/mol. The van der Waals surface area contributed by atoms with Crippen LogP contribution >= 0.6 is 0 Å². The zero-order valence-corrected chi connectivity index (χ0v) is 11.9. The molecule has 2 bridgehead atoms. The highest BCUT2D eigenvalue weighted by Crippen LogP contribution is 2.24. The van der Waals surface area contributed by atoms with E-state index in [-0.39, 0.29) is 5.91 Å². The molecule has 2 aliphatic heterocycles. The van der Waals surface area contributed by atoms with E-state index >= 15 is 0 Å². The van der Waals surface area contributed by atoms with Gasteiger partial charge in [-0.1, -0.05) is 23.6 Å². The van der Waals surface area contributed by atoms with E-state index in [4.69, 9.17) is 0 Å². The summed E-state index contributed by atoms with van der Waals surface area (Å²) >= 11 is 0. The predicted molar refractivity (Wildman–Crippen MR) is 79.1 cm³/mol. The third-order valence-electron chi connectivity index (χ3n) is 4.14. The molecule has 2 aliphatic rings. The first kappa shape index (κ1) is 13.2. The van der Waals surface area contributed by atoms with E-state index in [0.29, 0.717) is 11.8 Å². The number of rotatable bonds is 0. The van der Waals surface area contributed by atoms with Gasteiger partial charge in [0.1, 0.15) is 0 Å². The van der Waals surface area contributed by atoms with Crippen LogP contribution in [0.1, 0.15) is 17.5 Å². The first-order valence-corrected chi connectivity index (χ1v) is 7.29. The molecule has 3 rings (SSSR count). The maximum Gasteiger partial charge on any atom is 0.298 e. The number of nitrogens with zero attached hydrogens (tertiary/aromatic N) is 1. The highest BCUT2D eigenvalue weighted by Gasteiger charge is 2.31. The molecule has 2 heterocycles. The van der Waals surface area contributed by atoms with Gasteiger partial charge >= 0.3 is 0 Å². The van der Waals surface area contributed by atoms with Gasteiger partial charge in [-0.15, -0.1) is 0 Å². The number of piperidine rings is 2. The number of nitrogens with one attached hydrogen (secondary N) is 1. The Morgan fingerprint density at radius 3 is 2.50 bits per heavy atom. The molecule has 0 unspecified atom stereocenters. The SMILES string of the molecule is Cc1ccc(C#CC(=O)N2C[C@@H]3CNC[C@@H](C3)C2)cc1. The quantitative estimate of drug-likeness (QED) is 0.722. The van der Waals surface area contributed by atoms with E-state index in [2.05, 4.69) is 17.2 Å². The number of amides is 1. The summed E-state index contributed by atoms with van der Waals surface area (Å²) in [6.07, 6.45) is 1.25. The molecule has 20 heavy (non-hydrogen) atoms. The summed E-state index contributed by atoms with van der Waals surface area (Å²) in [5.41, 5.74) is 2.11. The van der Waals surface area contributed by atoms with Crippen LogP contribution in [0.4, 0.5) is 0 Å². The monoisotopic (exact) mass is 268 g/mol. The van der Waals surface area contributed by atoms with Crippen LogP contribution < -0.4 is 5.32 Å². The third-order valence-corrected chi connectivity index (χ3v) is 4.14. The second-order valence-corrected chi connectivity index (χ2v) is 5.95. The van der Waals surface area contributed by atoms with Crippen molar-refractivity contribution < 1.29 is 4.79 Å². The van der Waals surface area contributed by atoms with Crippen molar-refractivity contribution in [1.29, 1.82) is 0 Å². The van der Waals surface area contributed by atoms with E-state index in [9.17, 15) is 4.79 Å². The van der Waals surface area contributed by atoms with Gasteiger partial charge in [-0.3, -0.25) is 4.79 Å². The minimum absolute atomic E-state index is 0.0258. The third kappa shape index (κ3) is 3.02. The fraction of sp³-hybridized carbons (Fsp3) is 0.471. The lowest BCUT2D eigenvalue weighted by atomic mass is 9.86. The standard InChI is InChI=1S/C17H20N2O/c1-13-2-4-14(5-3-13)6-7-17(20)19-11-15-8-16(12-19)10-18-9-15/h2-5,15-16,18H,8-12H2,1H3/t15-,16+. The van der Waals surface area contributed by atoms with Crippen LogP contribution in [-0.2, 0) is 4.79 Å². The fourth-order valence-electron chi connectivity index (χ4n) is 3.11. The topological polar surface area (TPSA) is 32.3 Å². The summed E-state index contributed by atoms with van der Waals surface area (Å²) in [6, 6.07) is 7.96. The van der Waals surface area contributed by atoms with E-state index < -0.39 is 0 Å². The summed E-state index contributed by atoms with van der Waals surface area (Å²) in [6.45, 7) is 5.82. The number of hydrogen-bond acceptors (Lipinski definition) is 2. The first-order valence-electron chi connectivity index (χ1n) is 7.29. The molecule has 0 saturated carbocycles. The van der Waals surface area contributed by atoms with Crippen molar-refractivity contribution in [2.24, 2.45) is 11.8 Å². The van der Waals surface area contributed by atoms with Crippen LogP contribution in [0.2, 0.25) is 0 Å². The number of carbonyl (C=O) groups is 1. The molecule has 0 radical (unpaired) electrons. The molecule has 0 aromatic heterocycles. The predicted octanol–water partition coefficient (Wildman–Crippen LogP) is 1.41. The van der Waals surface area contributed by atoms with Gasteiger partial charge in [0.15, 0.2) is 0 Å². The van der Waals surface area contributed by atoms with Gasteiger partial charge in [-0.2, -0.15) is 0 Å². The zero-order chi connectivity index (χ0) is 13.9. The number of benzene rings is 1. The molecule has 1 amide bonds. The Labute approximate surface area is 120 Å². The molecule has 104 valence electrons. The lowest BCUT2D eigenvalue weighted by molar-refractivity contribution is -0.128. The smallest absolute Gasteiger partial charge is 0.298 e. The molecule has 0 spiro atoms. The van der Waals surface area contributed by atoms with E-state index in [1.54, 1.807) is 0 Å². The van der Waals surface area contributed by atoms with Crippen LogP contribution in [-0.4, -0.2) is 37.0 Å². The maximum atomic E-state index is 12.2. The van der Waals surface area contributed by atoms with Crippen molar-refractivity contribution >= 4 is 5.91 Å². The van der Waals surface area contributed by atoms with Crippen molar-refractivity contribution in [3.63, 3.8) is 0 Å². The Bertz CT molecular complexity index is 541. The van der Waals surface area contributed by atoms with Crippen LogP contribution in [0.25, 0.3) is 0 Å². The Hall–Kier alpha value is -1.79. The fourth-order valence-corrected chi connectivity index (χ4v) is 3.11. The molecule has 2 atom stereocenters. The van der Waals surface area contributed by atoms with Gasteiger partial charge in [-0.25, -0.2) is 0 Å². The maximum absolute atomic E-state index is 12.2. The van der Waals surface area contributed by atoms with E-state index in [1.807, 2.05) is 36.1 Å².